The van der Waals surface area contributed by atoms with Crippen molar-refractivity contribution in [3.8, 4) is 11.8 Å². The lowest BCUT2D eigenvalue weighted by Gasteiger charge is -2.07. The second-order valence-corrected chi connectivity index (χ2v) is 4.40. The van der Waals surface area contributed by atoms with E-state index in [1.807, 2.05) is 13.0 Å². The van der Waals surface area contributed by atoms with Gasteiger partial charge in [0.1, 0.15) is 11.6 Å². The average molecular weight is 255 g/mol. The molecule has 1 aromatic heterocycles. The first kappa shape index (κ1) is 12.8. The lowest BCUT2D eigenvalue weighted by molar-refractivity contribution is 0.0695. The van der Waals surface area contributed by atoms with Crippen molar-refractivity contribution in [2.45, 2.75) is 20.8 Å². The Kier molecular flexibility index (Phi) is 3.09. The van der Waals surface area contributed by atoms with Gasteiger partial charge in [-0.1, -0.05) is 6.07 Å². The zero-order chi connectivity index (χ0) is 14.2. The molecule has 1 heterocycles. The molecule has 0 amide bonds. The third kappa shape index (κ3) is 2.08. The fourth-order valence-electron chi connectivity index (χ4n) is 2.11. The van der Waals surface area contributed by atoms with Crippen LogP contribution >= 0.6 is 0 Å². The van der Waals surface area contributed by atoms with Crippen LogP contribution < -0.4 is 0 Å². The SMILES string of the molecule is Cc1ccc(-n2nc(C)c(C(=O)O)c2C)c(C#N)c1. The van der Waals surface area contributed by atoms with Gasteiger partial charge in [-0.15, -0.1) is 0 Å². The van der Waals surface area contributed by atoms with E-state index in [0.717, 1.165) is 5.56 Å². The predicted molar refractivity (Wildman–Crippen MR) is 69.4 cm³/mol. The van der Waals surface area contributed by atoms with E-state index in [1.54, 1.807) is 26.0 Å². The van der Waals surface area contributed by atoms with Crippen LogP contribution in [0.15, 0.2) is 18.2 Å². The molecular weight excluding hydrogens is 242 g/mol. The molecule has 0 bridgehead atoms. The monoisotopic (exact) mass is 255 g/mol. The van der Waals surface area contributed by atoms with E-state index < -0.39 is 5.97 Å². The summed E-state index contributed by atoms with van der Waals surface area (Å²) in [4.78, 5) is 11.2. The molecule has 5 heteroatoms. The highest BCUT2D eigenvalue weighted by atomic mass is 16.4. The summed E-state index contributed by atoms with van der Waals surface area (Å²) in [5, 5.41) is 22.6. The molecule has 0 fully saturated rings. The van der Waals surface area contributed by atoms with Crippen molar-refractivity contribution in [3.05, 3.63) is 46.3 Å². The third-order valence-corrected chi connectivity index (χ3v) is 3.01. The van der Waals surface area contributed by atoms with Gasteiger partial charge in [-0.3, -0.25) is 0 Å². The Morgan fingerprint density at radius 3 is 2.58 bits per heavy atom. The van der Waals surface area contributed by atoms with Crippen LogP contribution in [0.1, 0.15) is 32.9 Å². The summed E-state index contributed by atoms with van der Waals surface area (Å²) in [5.74, 6) is -1.01. The van der Waals surface area contributed by atoms with Crippen LogP contribution in [-0.4, -0.2) is 20.9 Å². The molecule has 0 aliphatic rings. The Labute approximate surface area is 110 Å². The van der Waals surface area contributed by atoms with Crippen LogP contribution in [0.4, 0.5) is 0 Å². The van der Waals surface area contributed by atoms with E-state index in [1.165, 1.54) is 4.68 Å². The van der Waals surface area contributed by atoms with E-state index in [2.05, 4.69) is 11.2 Å². The Hall–Kier alpha value is -2.61. The Balaban J connectivity index is 2.71. The smallest absolute Gasteiger partial charge is 0.339 e. The summed E-state index contributed by atoms with van der Waals surface area (Å²) in [6, 6.07) is 7.51. The van der Waals surface area contributed by atoms with Crippen molar-refractivity contribution in [2.24, 2.45) is 0 Å². The molecule has 0 atom stereocenters. The highest BCUT2D eigenvalue weighted by Crippen LogP contribution is 2.21. The number of carbonyl (C=O) groups is 1. The molecule has 0 aliphatic heterocycles. The van der Waals surface area contributed by atoms with Gasteiger partial charge in [0.2, 0.25) is 0 Å². The Morgan fingerprint density at radius 1 is 1.37 bits per heavy atom. The molecule has 96 valence electrons. The van der Waals surface area contributed by atoms with Crippen molar-refractivity contribution >= 4 is 5.97 Å². The number of aromatic carboxylic acids is 1. The van der Waals surface area contributed by atoms with E-state index in [4.69, 9.17) is 5.11 Å². The number of carboxylic acids is 1. The number of nitriles is 1. The predicted octanol–water partition coefficient (Wildman–Crippen LogP) is 2.37. The number of hydrogen-bond acceptors (Lipinski definition) is 3. The van der Waals surface area contributed by atoms with Crippen molar-refractivity contribution in [2.75, 3.05) is 0 Å². The van der Waals surface area contributed by atoms with Crippen LogP contribution in [0, 0.1) is 32.1 Å². The van der Waals surface area contributed by atoms with E-state index >= 15 is 0 Å². The number of aromatic nitrogens is 2. The summed E-state index contributed by atoms with van der Waals surface area (Å²) in [7, 11) is 0. The molecule has 0 saturated heterocycles. The third-order valence-electron chi connectivity index (χ3n) is 3.01. The molecule has 0 spiro atoms. The summed E-state index contributed by atoms with van der Waals surface area (Å²) < 4.78 is 1.51. The minimum atomic E-state index is -1.01. The largest absolute Gasteiger partial charge is 0.478 e. The molecule has 2 aromatic rings. The lowest BCUT2D eigenvalue weighted by Crippen LogP contribution is -2.04. The fourth-order valence-corrected chi connectivity index (χ4v) is 2.11. The molecule has 0 aliphatic carbocycles. The molecule has 5 nitrogen and oxygen atoms in total. The summed E-state index contributed by atoms with van der Waals surface area (Å²) in [6.45, 7) is 5.23. The van der Waals surface area contributed by atoms with Crippen molar-refractivity contribution in [1.29, 1.82) is 5.26 Å². The zero-order valence-electron chi connectivity index (χ0n) is 10.9. The molecule has 19 heavy (non-hydrogen) atoms. The van der Waals surface area contributed by atoms with Gasteiger partial charge in [-0.2, -0.15) is 10.4 Å². The minimum absolute atomic E-state index is 0.185. The number of carboxylic acid groups (broad SMARTS) is 1. The first-order chi connectivity index (χ1) is 8.95. The molecule has 1 aromatic carbocycles. The topological polar surface area (TPSA) is 78.9 Å². The van der Waals surface area contributed by atoms with Crippen LogP contribution in [-0.2, 0) is 0 Å². The quantitative estimate of drug-likeness (QED) is 0.893. The lowest BCUT2D eigenvalue weighted by atomic mass is 10.1. The van der Waals surface area contributed by atoms with Gasteiger partial charge in [0.15, 0.2) is 0 Å². The van der Waals surface area contributed by atoms with Crippen LogP contribution in [0.3, 0.4) is 0 Å². The van der Waals surface area contributed by atoms with Gasteiger partial charge >= 0.3 is 5.97 Å². The number of benzene rings is 1. The maximum atomic E-state index is 11.2. The van der Waals surface area contributed by atoms with Crippen molar-refractivity contribution in [3.63, 3.8) is 0 Å². The van der Waals surface area contributed by atoms with Crippen LogP contribution in [0.2, 0.25) is 0 Å². The van der Waals surface area contributed by atoms with E-state index in [-0.39, 0.29) is 5.56 Å². The normalized spacial score (nSPS) is 10.2. The Bertz CT molecular complexity index is 708. The maximum Gasteiger partial charge on any atom is 0.339 e. The fraction of sp³-hybridized carbons (Fsp3) is 0.214. The second kappa shape index (κ2) is 4.58. The van der Waals surface area contributed by atoms with Gasteiger partial charge in [-0.25, -0.2) is 9.48 Å². The number of hydrogen-bond donors (Lipinski definition) is 1. The summed E-state index contributed by atoms with van der Waals surface area (Å²) in [5.41, 5.74) is 3.19. The minimum Gasteiger partial charge on any atom is -0.478 e. The summed E-state index contributed by atoms with van der Waals surface area (Å²) >= 11 is 0. The average Bonchev–Trinajstić information content (AvgIpc) is 2.64. The molecule has 0 saturated carbocycles. The van der Waals surface area contributed by atoms with Gasteiger partial charge in [0, 0.05) is 0 Å². The van der Waals surface area contributed by atoms with Gasteiger partial charge in [0.05, 0.1) is 22.6 Å². The summed E-state index contributed by atoms with van der Waals surface area (Å²) in [6.07, 6.45) is 0. The molecule has 0 radical (unpaired) electrons. The molecule has 0 unspecified atom stereocenters. The molecular formula is C14H13N3O2. The number of rotatable bonds is 2. The second-order valence-electron chi connectivity index (χ2n) is 4.40. The van der Waals surface area contributed by atoms with E-state index in [0.29, 0.717) is 22.6 Å². The van der Waals surface area contributed by atoms with Crippen LogP contribution in [0.5, 0.6) is 0 Å². The molecule has 1 N–H and O–H groups in total. The van der Waals surface area contributed by atoms with E-state index in [9.17, 15) is 10.1 Å². The number of nitrogens with zero attached hydrogens (tertiary/aromatic N) is 3. The van der Waals surface area contributed by atoms with Gasteiger partial charge < -0.3 is 5.11 Å². The Morgan fingerprint density at radius 2 is 2.05 bits per heavy atom. The van der Waals surface area contributed by atoms with Gasteiger partial charge in [-0.05, 0) is 38.5 Å². The van der Waals surface area contributed by atoms with Crippen molar-refractivity contribution < 1.29 is 9.90 Å². The van der Waals surface area contributed by atoms with Crippen LogP contribution in [0.25, 0.3) is 5.69 Å². The highest BCUT2D eigenvalue weighted by molar-refractivity contribution is 5.90. The first-order valence-electron chi connectivity index (χ1n) is 5.76. The standard InChI is InChI=1S/C14H13N3O2/c1-8-4-5-12(11(6-8)7-15)17-10(3)13(14(18)19)9(2)16-17/h4-6H,1-3H3,(H,18,19). The maximum absolute atomic E-state index is 11.2. The number of aryl methyl sites for hydroxylation is 2. The van der Waals surface area contributed by atoms with Crippen molar-refractivity contribution in [1.82, 2.24) is 9.78 Å². The zero-order valence-corrected chi connectivity index (χ0v) is 10.9. The highest BCUT2D eigenvalue weighted by Gasteiger charge is 2.19. The van der Waals surface area contributed by atoms with Gasteiger partial charge in [0.25, 0.3) is 0 Å². The molecule has 2 rings (SSSR count). The first-order valence-corrected chi connectivity index (χ1v) is 5.76.